The maximum Gasteiger partial charge on any atom is 0.337 e. The van der Waals surface area contributed by atoms with Crippen LogP contribution in [-0.4, -0.2) is 16.5 Å². The molecule has 0 spiro atoms. The van der Waals surface area contributed by atoms with Gasteiger partial charge in [0.25, 0.3) is 0 Å². The van der Waals surface area contributed by atoms with E-state index in [0.717, 1.165) is 0 Å². The SMILES string of the molecule is CCN(Br)C(=O)NBr. The third kappa shape index (κ3) is 2.52. The number of rotatable bonds is 1. The third-order valence-corrected chi connectivity index (χ3v) is 1.74. The van der Waals surface area contributed by atoms with Gasteiger partial charge in [-0.05, 0) is 6.92 Å². The van der Waals surface area contributed by atoms with E-state index in [1.807, 2.05) is 6.92 Å². The molecule has 0 radical (unpaired) electrons. The first-order chi connectivity index (χ1) is 3.72. The number of nitrogens with zero attached hydrogens (tertiary/aromatic N) is 1. The largest absolute Gasteiger partial charge is 0.337 e. The van der Waals surface area contributed by atoms with Crippen molar-refractivity contribution >= 4 is 38.3 Å². The predicted molar refractivity (Wildman–Crippen MR) is 38.8 cm³/mol. The molecule has 0 saturated heterocycles. The van der Waals surface area contributed by atoms with Crippen LogP contribution >= 0.6 is 32.3 Å². The Kier molecular flexibility index (Phi) is 4.26. The van der Waals surface area contributed by atoms with Crippen LogP contribution in [0.2, 0.25) is 0 Å². The van der Waals surface area contributed by atoms with Crippen molar-refractivity contribution in [3.8, 4) is 0 Å². The minimum absolute atomic E-state index is 0.201. The van der Waals surface area contributed by atoms with Crippen LogP contribution in [0.4, 0.5) is 4.79 Å². The van der Waals surface area contributed by atoms with Crippen LogP contribution < -0.4 is 4.34 Å². The van der Waals surface area contributed by atoms with Crippen LogP contribution in [-0.2, 0) is 0 Å². The summed E-state index contributed by atoms with van der Waals surface area (Å²) < 4.78 is 3.63. The molecule has 0 aliphatic carbocycles. The molecule has 3 nitrogen and oxygen atoms in total. The van der Waals surface area contributed by atoms with Gasteiger partial charge in [0.2, 0.25) is 0 Å². The monoisotopic (exact) mass is 244 g/mol. The van der Waals surface area contributed by atoms with E-state index in [0.29, 0.717) is 6.54 Å². The van der Waals surface area contributed by atoms with Crippen LogP contribution in [0, 0.1) is 0 Å². The predicted octanol–water partition coefficient (Wildman–Crippen LogP) is 1.64. The van der Waals surface area contributed by atoms with E-state index in [4.69, 9.17) is 0 Å². The zero-order valence-corrected chi connectivity index (χ0v) is 7.49. The van der Waals surface area contributed by atoms with E-state index < -0.39 is 0 Å². The van der Waals surface area contributed by atoms with Crippen molar-refractivity contribution in [1.29, 1.82) is 0 Å². The number of amides is 2. The van der Waals surface area contributed by atoms with Gasteiger partial charge >= 0.3 is 6.03 Å². The molecule has 0 atom stereocenters. The van der Waals surface area contributed by atoms with Gasteiger partial charge in [-0.3, -0.25) is 8.27 Å². The number of hydrogen-bond acceptors (Lipinski definition) is 1. The normalized spacial score (nSPS) is 8.38. The van der Waals surface area contributed by atoms with Crippen molar-refractivity contribution in [1.82, 2.24) is 8.27 Å². The summed E-state index contributed by atoms with van der Waals surface area (Å²) >= 11 is 5.78. The van der Waals surface area contributed by atoms with E-state index in [2.05, 4.69) is 36.6 Å². The Labute approximate surface area is 65.1 Å². The number of halogens is 2. The minimum Gasteiger partial charge on any atom is -0.273 e. The van der Waals surface area contributed by atoms with Gasteiger partial charge in [0.15, 0.2) is 0 Å². The van der Waals surface area contributed by atoms with Crippen LogP contribution in [0.3, 0.4) is 0 Å². The second-order valence-corrected chi connectivity index (χ2v) is 2.33. The maximum absolute atomic E-state index is 10.5. The minimum atomic E-state index is -0.201. The van der Waals surface area contributed by atoms with Crippen molar-refractivity contribution in [2.24, 2.45) is 0 Å². The molecule has 5 heteroatoms. The Hall–Kier alpha value is 0.230. The average molecular weight is 246 g/mol. The van der Waals surface area contributed by atoms with E-state index in [1.165, 1.54) is 3.93 Å². The summed E-state index contributed by atoms with van der Waals surface area (Å²) in [6.45, 7) is 2.49. The topological polar surface area (TPSA) is 32.3 Å². The van der Waals surface area contributed by atoms with Gasteiger partial charge < -0.3 is 0 Å². The quantitative estimate of drug-likeness (QED) is 0.700. The summed E-state index contributed by atoms with van der Waals surface area (Å²) in [5.74, 6) is 0. The molecule has 0 fully saturated rings. The first-order valence-electron chi connectivity index (χ1n) is 2.06. The second-order valence-electron chi connectivity index (χ2n) is 1.08. The highest BCUT2D eigenvalue weighted by molar-refractivity contribution is 9.08. The maximum atomic E-state index is 10.5. The van der Waals surface area contributed by atoms with Crippen LogP contribution in [0.25, 0.3) is 0 Å². The van der Waals surface area contributed by atoms with Crippen molar-refractivity contribution in [2.75, 3.05) is 6.54 Å². The van der Waals surface area contributed by atoms with Crippen LogP contribution in [0.5, 0.6) is 0 Å². The van der Waals surface area contributed by atoms with Crippen LogP contribution in [0.1, 0.15) is 6.92 Å². The fourth-order valence-corrected chi connectivity index (χ4v) is 0.730. The molecular formula is C3H6Br2N2O. The lowest BCUT2D eigenvalue weighted by molar-refractivity contribution is 0.235. The standard InChI is InChI=1S/C3H6Br2N2O/c1-2-7(5)3(8)6-4/h2H2,1H3,(H,6,8). The molecule has 48 valence electrons. The Balaban J connectivity index is 3.46. The summed E-state index contributed by atoms with van der Waals surface area (Å²) in [6.07, 6.45) is 0. The average Bonchev–Trinajstić information content (AvgIpc) is 1.84. The van der Waals surface area contributed by atoms with Gasteiger partial charge in [0.1, 0.15) is 0 Å². The smallest absolute Gasteiger partial charge is 0.273 e. The molecular weight excluding hydrogens is 240 g/mol. The lowest BCUT2D eigenvalue weighted by Gasteiger charge is -2.07. The summed E-state index contributed by atoms with van der Waals surface area (Å²) in [6, 6.07) is -0.201. The zero-order valence-electron chi connectivity index (χ0n) is 4.32. The zero-order chi connectivity index (χ0) is 6.57. The lowest BCUT2D eigenvalue weighted by atomic mass is 10.7. The van der Waals surface area contributed by atoms with E-state index >= 15 is 0 Å². The van der Waals surface area contributed by atoms with E-state index in [9.17, 15) is 4.79 Å². The fourth-order valence-electron chi connectivity index (χ4n) is 0.189. The van der Waals surface area contributed by atoms with Crippen LogP contribution in [0.15, 0.2) is 0 Å². The molecule has 0 aromatic heterocycles. The van der Waals surface area contributed by atoms with Crippen molar-refractivity contribution in [3.05, 3.63) is 0 Å². The summed E-state index contributed by atoms with van der Waals surface area (Å²) in [7, 11) is 0. The molecule has 0 aromatic rings. The van der Waals surface area contributed by atoms with E-state index in [1.54, 1.807) is 0 Å². The number of carbonyl (C=O) groups is 1. The summed E-state index contributed by atoms with van der Waals surface area (Å²) in [5, 5.41) is 0. The molecule has 0 saturated carbocycles. The highest BCUT2D eigenvalue weighted by Gasteiger charge is 2.02. The Morgan fingerprint density at radius 1 is 1.88 bits per heavy atom. The number of carbonyl (C=O) groups excluding carboxylic acids is 1. The molecule has 0 unspecified atom stereocenters. The van der Waals surface area contributed by atoms with Gasteiger partial charge in [0.05, 0.1) is 32.3 Å². The van der Waals surface area contributed by atoms with Gasteiger partial charge in [0, 0.05) is 6.54 Å². The number of hydrogen-bond donors (Lipinski definition) is 1. The molecule has 0 bridgehead atoms. The number of nitrogens with one attached hydrogen (secondary N) is 1. The Morgan fingerprint density at radius 2 is 2.38 bits per heavy atom. The van der Waals surface area contributed by atoms with Gasteiger partial charge in [-0.2, -0.15) is 0 Å². The molecule has 0 aromatic carbocycles. The van der Waals surface area contributed by atoms with Crippen molar-refractivity contribution in [2.45, 2.75) is 6.92 Å². The molecule has 0 rings (SSSR count). The fraction of sp³-hybridized carbons (Fsp3) is 0.667. The van der Waals surface area contributed by atoms with Gasteiger partial charge in [-0.1, -0.05) is 0 Å². The highest BCUT2D eigenvalue weighted by atomic mass is 79.9. The molecule has 2 amide bonds. The summed E-state index contributed by atoms with van der Waals surface area (Å²) in [5.41, 5.74) is 0. The molecule has 0 heterocycles. The molecule has 0 aliphatic heterocycles. The van der Waals surface area contributed by atoms with Gasteiger partial charge in [-0.15, -0.1) is 0 Å². The molecule has 8 heavy (non-hydrogen) atoms. The van der Waals surface area contributed by atoms with E-state index in [-0.39, 0.29) is 6.03 Å². The second kappa shape index (κ2) is 4.14. The first-order valence-corrected chi connectivity index (χ1v) is 3.56. The highest BCUT2D eigenvalue weighted by Crippen LogP contribution is 1.96. The third-order valence-electron chi connectivity index (χ3n) is 0.579. The van der Waals surface area contributed by atoms with Crippen molar-refractivity contribution in [3.63, 3.8) is 0 Å². The van der Waals surface area contributed by atoms with Gasteiger partial charge in [-0.25, -0.2) is 4.79 Å². The first kappa shape index (κ1) is 8.23. The number of urea groups is 1. The summed E-state index contributed by atoms with van der Waals surface area (Å²) in [4.78, 5) is 10.5. The van der Waals surface area contributed by atoms with Crippen molar-refractivity contribution < 1.29 is 4.79 Å². The Morgan fingerprint density at radius 3 is 2.50 bits per heavy atom. The molecule has 1 N–H and O–H groups in total. The molecule has 0 aliphatic rings. The Bertz CT molecular complexity index is 87.4. The lowest BCUT2D eigenvalue weighted by Crippen LogP contribution is -2.26.